The summed E-state index contributed by atoms with van der Waals surface area (Å²) in [6.45, 7) is 5.81. The Morgan fingerprint density at radius 3 is 2.84 bits per heavy atom. The van der Waals surface area contributed by atoms with Gasteiger partial charge in [0.25, 0.3) is 0 Å². The van der Waals surface area contributed by atoms with Gasteiger partial charge in [0.15, 0.2) is 0 Å². The Morgan fingerprint density at radius 1 is 1.21 bits per heavy atom. The van der Waals surface area contributed by atoms with Gasteiger partial charge >= 0.3 is 0 Å². The summed E-state index contributed by atoms with van der Waals surface area (Å²) in [4.78, 5) is 2.52. The number of aliphatic hydroxyl groups excluding tert-OH is 1. The molecule has 0 spiro atoms. The summed E-state index contributed by atoms with van der Waals surface area (Å²) in [5, 5.41) is 13.2. The van der Waals surface area contributed by atoms with Gasteiger partial charge in [-0.3, -0.25) is 4.90 Å². The molecule has 0 amide bonds. The number of aliphatic hydroxyl groups is 1. The number of piperidine rings is 2. The van der Waals surface area contributed by atoms with E-state index in [1.165, 1.54) is 18.5 Å². The molecule has 2 aliphatic rings. The zero-order valence-corrected chi connectivity index (χ0v) is 11.5. The van der Waals surface area contributed by atoms with Gasteiger partial charge in [-0.25, -0.2) is 0 Å². The summed E-state index contributed by atoms with van der Waals surface area (Å²) >= 11 is 0. The van der Waals surface area contributed by atoms with E-state index in [1.54, 1.807) is 0 Å². The Bertz CT molecular complexity index is 387. The Kier molecular flexibility index (Phi) is 4.16. The molecular weight excluding hydrogens is 236 g/mol. The van der Waals surface area contributed by atoms with E-state index in [0.29, 0.717) is 18.4 Å². The highest BCUT2D eigenvalue weighted by atomic mass is 16.3. The second-order valence-corrected chi connectivity index (χ2v) is 6.04. The lowest BCUT2D eigenvalue weighted by Crippen LogP contribution is -2.53. The van der Waals surface area contributed by atoms with E-state index in [4.69, 9.17) is 0 Å². The molecule has 2 N–H and O–H groups in total. The highest BCUT2D eigenvalue weighted by molar-refractivity contribution is 5.14. The lowest BCUT2D eigenvalue weighted by molar-refractivity contribution is 0.00935. The van der Waals surface area contributed by atoms with E-state index in [2.05, 4.69) is 40.5 Å². The van der Waals surface area contributed by atoms with Crippen LogP contribution < -0.4 is 5.32 Å². The molecule has 2 saturated heterocycles. The van der Waals surface area contributed by atoms with Crippen LogP contribution in [0.1, 0.15) is 12.0 Å². The molecule has 3 nitrogen and oxygen atoms in total. The van der Waals surface area contributed by atoms with Crippen molar-refractivity contribution < 1.29 is 5.11 Å². The third-order valence-electron chi connectivity index (χ3n) is 4.74. The van der Waals surface area contributed by atoms with Crippen LogP contribution in [0.5, 0.6) is 0 Å². The highest BCUT2D eigenvalue weighted by Crippen LogP contribution is 2.33. The van der Waals surface area contributed by atoms with Crippen LogP contribution >= 0.6 is 0 Å². The van der Waals surface area contributed by atoms with Crippen LogP contribution in [0.2, 0.25) is 0 Å². The first-order chi connectivity index (χ1) is 9.36. The molecular formula is C16H24N2O. The van der Waals surface area contributed by atoms with Gasteiger partial charge in [-0.15, -0.1) is 0 Å². The predicted octanol–water partition coefficient (Wildman–Crippen LogP) is 1.34. The lowest BCUT2D eigenvalue weighted by atomic mass is 9.74. The highest BCUT2D eigenvalue weighted by Gasteiger charge is 2.37. The normalized spacial score (nSPS) is 31.9. The minimum absolute atomic E-state index is 0.340. The maximum absolute atomic E-state index is 9.67. The fraction of sp³-hybridized carbons (Fsp3) is 0.625. The molecule has 3 rings (SSSR count). The second kappa shape index (κ2) is 6.04. The second-order valence-electron chi connectivity index (χ2n) is 6.04. The molecule has 3 unspecified atom stereocenters. The van der Waals surface area contributed by atoms with Crippen molar-refractivity contribution in [1.82, 2.24) is 10.2 Å². The molecule has 0 aliphatic carbocycles. The van der Waals surface area contributed by atoms with Gasteiger partial charge in [0, 0.05) is 26.2 Å². The Balaban J connectivity index is 1.67. The first-order valence-corrected chi connectivity index (χ1v) is 7.44. The van der Waals surface area contributed by atoms with Crippen LogP contribution in [0.4, 0.5) is 0 Å². The molecule has 19 heavy (non-hydrogen) atoms. The molecule has 0 saturated carbocycles. The average molecular weight is 260 g/mol. The van der Waals surface area contributed by atoms with Crippen LogP contribution in [0.3, 0.4) is 0 Å². The zero-order valence-electron chi connectivity index (χ0n) is 11.5. The minimum atomic E-state index is 0.340. The topological polar surface area (TPSA) is 35.5 Å². The van der Waals surface area contributed by atoms with Crippen molar-refractivity contribution in [3.05, 3.63) is 35.9 Å². The number of hydrogen-bond donors (Lipinski definition) is 2. The Labute approximate surface area is 115 Å². The van der Waals surface area contributed by atoms with E-state index >= 15 is 0 Å². The van der Waals surface area contributed by atoms with Crippen molar-refractivity contribution in [2.45, 2.75) is 13.0 Å². The number of benzene rings is 1. The van der Waals surface area contributed by atoms with Crippen LogP contribution in [0.25, 0.3) is 0 Å². The summed E-state index contributed by atoms with van der Waals surface area (Å²) < 4.78 is 0. The predicted molar refractivity (Wildman–Crippen MR) is 76.8 cm³/mol. The van der Waals surface area contributed by atoms with Gasteiger partial charge in [0.05, 0.1) is 0 Å². The van der Waals surface area contributed by atoms with E-state index in [9.17, 15) is 5.11 Å². The number of nitrogens with one attached hydrogen (secondary N) is 1. The third-order valence-corrected chi connectivity index (χ3v) is 4.74. The molecule has 3 heteroatoms. The maximum Gasteiger partial charge on any atom is 0.0474 e. The number of rotatable bonds is 3. The lowest BCUT2D eigenvalue weighted by Gasteiger charge is -2.46. The fourth-order valence-electron chi connectivity index (χ4n) is 3.80. The average Bonchev–Trinajstić information content (AvgIpc) is 2.47. The number of likely N-dealkylation sites (tertiary alicyclic amines) is 1. The first-order valence-electron chi connectivity index (χ1n) is 7.44. The molecule has 2 heterocycles. The standard InChI is InChI=1S/C16H24N2O/c19-12-15-11-18(9-13-4-2-1-3-5-13)10-14-8-17-7-6-16(14)15/h1-5,14-17,19H,6-12H2. The molecule has 1 aromatic rings. The van der Waals surface area contributed by atoms with Gasteiger partial charge in [-0.2, -0.15) is 0 Å². The molecule has 3 atom stereocenters. The molecule has 104 valence electrons. The van der Waals surface area contributed by atoms with E-state index in [1.807, 2.05) is 0 Å². The molecule has 0 radical (unpaired) electrons. The smallest absolute Gasteiger partial charge is 0.0474 e. The molecule has 1 aromatic carbocycles. The minimum Gasteiger partial charge on any atom is -0.396 e. The first kappa shape index (κ1) is 13.1. The summed E-state index contributed by atoms with van der Waals surface area (Å²) in [6.07, 6.45) is 1.23. The van der Waals surface area contributed by atoms with Crippen LogP contribution in [-0.4, -0.2) is 42.8 Å². The van der Waals surface area contributed by atoms with Crippen molar-refractivity contribution >= 4 is 0 Å². The van der Waals surface area contributed by atoms with Crippen LogP contribution in [0, 0.1) is 17.8 Å². The Morgan fingerprint density at radius 2 is 2.05 bits per heavy atom. The monoisotopic (exact) mass is 260 g/mol. The van der Waals surface area contributed by atoms with Crippen LogP contribution in [-0.2, 0) is 6.54 Å². The quantitative estimate of drug-likeness (QED) is 0.861. The maximum atomic E-state index is 9.67. The number of nitrogens with zero attached hydrogens (tertiary/aromatic N) is 1. The van der Waals surface area contributed by atoms with Gasteiger partial charge in [0.1, 0.15) is 0 Å². The van der Waals surface area contributed by atoms with Gasteiger partial charge < -0.3 is 10.4 Å². The summed E-state index contributed by atoms with van der Waals surface area (Å²) in [5.74, 6) is 1.89. The van der Waals surface area contributed by atoms with Gasteiger partial charge in [-0.1, -0.05) is 30.3 Å². The van der Waals surface area contributed by atoms with Crippen molar-refractivity contribution in [1.29, 1.82) is 0 Å². The summed E-state index contributed by atoms with van der Waals surface area (Å²) in [5.41, 5.74) is 1.38. The molecule has 0 bridgehead atoms. The van der Waals surface area contributed by atoms with E-state index in [-0.39, 0.29) is 0 Å². The molecule has 2 aliphatic heterocycles. The largest absolute Gasteiger partial charge is 0.396 e. The third kappa shape index (κ3) is 2.99. The van der Waals surface area contributed by atoms with Crippen molar-refractivity contribution in [3.8, 4) is 0 Å². The van der Waals surface area contributed by atoms with E-state index < -0.39 is 0 Å². The fourth-order valence-corrected chi connectivity index (χ4v) is 3.80. The molecule has 0 aromatic heterocycles. The van der Waals surface area contributed by atoms with E-state index in [0.717, 1.165) is 32.1 Å². The SMILES string of the molecule is OCC1CN(Cc2ccccc2)CC2CNCCC12. The van der Waals surface area contributed by atoms with Crippen LogP contribution in [0.15, 0.2) is 30.3 Å². The van der Waals surface area contributed by atoms with Gasteiger partial charge in [0.2, 0.25) is 0 Å². The zero-order chi connectivity index (χ0) is 13.1. The summed E-state index contributed by atoms with van der Waals surface area (Å²) in [6, 6.07) is 10.7. The van der Waals surface area contributed by atoms with Crippen molar-refractivity contribution in [3.63, 3.8) is 0 Å². The van der Waals surface area contributed by atoms with Crippen molar-refractivity contribution in [2.75, 3.05) is 32.8 Å². The van der Waals surface area contributed by atoms with Gasteiger partial charge in [-0.05, 0) is 42.8 Å². The molecule has 2 fully saturated rings. The number of fused-ring (bicyclic) bond motifs is 1. The summed E-state index contributed by atoms with van der Waals surface area (Å²) in [7, 11) is 0. The van der Waals surface area contributed by atoms with Crippen molar-refractivity contribution in [2.24, 2.45) is 17.8 Å². The number of hydrogen-bond acceptors (Lipinski definition) is 3. The Hall–Kier alpha value is -0.900.